The maximum atomic E-state index is 12.3. The van der Waals surface area contributed by atoms with E-state index in [0.29, 0.717) is 44.0 Å². The second-order valence-corrected chi connectivity index (χ2v) is 8.51. The molecule has 1 N–H and O–H groups in total. The van der Waals surface area contributed by atoms with E-state index >= 15 is 0 Å². The van der Waals surface area contributed by atoms with Gasteiger partial charge in [-0.3, -0.25) is 4.79 Å². The first-order valence-electron chi connectivity index (χ1n) is 8.22. The lowest BCUT2D eigenvalue weighted by Crippen LogP contribution is -2.46. The molecule has 2 heterocycles. The van der Waals surface area contributed by atoms with Crippen LogP contribution in [0.1, 0.15) is 18.4 Å². The summed E-state index contributed by atoms with van der Waals surface area (Å²) in [7, 11) is -0.374. The van der Waals surface area contributed by atoms with Gasteiger partial charge in [-0.05, 0) is 30.5 Å². The zero-order chi connectivity index (χ0) is 18.0. The van der Waals surface area contributed by atoms with Crippen molar-refractivity contribution in [3.8, 4) is 11.5 Å². The fourth-order valence-corrected chi connectivity index (χ4v) is 4.10. The summed E-state index contributed by atoms with van der Waals surface area (Å²) in [5, 5.41) is 2.92. The smallest absolute Gasteiger partial charge is 0.281 e. The zero-order valence-electron chi connectivity index (χ0n) is 14.4. The fraction of sp³-hybridized carbons (Fsp3) is 0.562. The van der Waals surface area contributed by atoms with Crippen LogP contribution in [0.5, 0.6) is 11.5 Å². The Morgan fingerprint density at radius 3 is 2.60 bits per heavy atom. The van der Waals surface area contributed by atoms with Crippen molar-refractivity contribution in [1.29, 1.82) is 0 Å². The van der Waals surface area contributed by atoms with Crippen LogP contribution in [-0.2, 0) is 21.5 Å². The van der Waals surface area contributed by atoms with E-state index in [4.69, 9.17) is 9.47 Å². The van der Waals surface area contributed by atoms with E-state index in [-0.39, 0.29) is 18.6 Å². The summed E-state index contributed by atoms with van der Waals surface area (Å²) in [4.78, 5) is 12.3. The molecule has 1 aromatic carbocycles. The second-order valence-electron chi connectivity index (χ2n) is 6.37. The zero-order valence-corrected chi connectivity index (χ0v) is 15.2. The number of ether oxygens (including phenoxy) is 2. The highest BCUT2D eigenvalue weighted by Gasteiger charge is 2.32. The molecule has 1 fully saturated rings. The molecule has 0 bridgehead atoms. The Morgan fingerprint density at radius 1 is 1.24 bits per heavy atom. The molecule has 0 atom stereocenters. The van der Waals surface area contributed by atoms with Crippen molar-refractivity contribution in [2.24, 2.45) is 5.92 Å². The number of nitrogens with one attached hydrogen (secondary N) is 1. The van der Waals surface area contributed by atoms with Crippen LogP contribution >= 0.6 is 0 Å². The maximum absolute atomic E-state index is 12.3. The molecule has 1 saturated heterocycles. The molecule has 0 radical (unpaired) electrons. The molecule has 0 aliphatic carbocycles. The number of hydrogen-bond donors (Lipinski definition) is 1. The highest BCUT2D eigenvalue weighted by molar-refractivity contribution is 7.86. The number of carbonyl (C=O) groups excluding carboxylic acids is 1. The van der Waals surface area contributed by atoms with Gasteiger partial charge in [0.1, 0.15) is 0 Å². The maximum Gasteiger partial charge on any atom is 0.281 e. The Hall–Kier alpha value is -1.84. The monoisotopic (exact) mass is 369 g/mol. The number of nitrogens with zero attached hydrogens (tertiary/aromatic N) is 2. The molecule has 1 amide bonds. The largest absolute Gasteiger partial charge is 0.454 e. The van der Waals surface area contributed by atoms with Gasteiger partial charge in [-0.2, -0.15) is 17.0 Å². The Kier molecular flexibility index (Phi) is 5.16. The summed E-state index contributed by atoms with van der Waals surface area (Å²) in [6.45, 7) is 1.36. The van der Waals surface area contributed by atoms with Gasteiger partial charge in [0, 0.05) is 39.6 Å². The standard InChI is InChI=1S/C16H23N3O5S/c1-18(2)25(21,22)19-7-5-13(6-8-19)16(20)17-10-12-3-4-14-15(9-12)24-11-23-14/h3-4,9,13H,5-8,10-11H2,1-2H3,(H,17,20). The first-order valence-corrected chi connectivity index (χ1v) is 9.61. The number of hydrogen-bond acceptors (Lipinski definition) is 5. The van der Waals surface area contributed by atoms with Crippen molar-refractivity contribution in [1.82, 2.24) is 13.9 Å². The molecule has 0 saturated carbocycles. The Balaban J connectivity index is 1.50. The minimum atomic E-state index is -3.40. The third kappa shape index (κ3) is 3.88. The van der Waals surface area contributed by atoms with Crippen molar-refractivity contribution in [3.63, 3.8) is 0 Å². The van der Waals surface area contributed by atoms with Gasteiger partial charge in [-0.15, -0.1) is 0 Å². The van der Waals surface area contributed by atoms with Crippen molar-refractivity contribution in [2.45, 2.75) is 19.4 Å². The van der Waals surface area contributed by atoms with E-state index in [9.17, 15) is 13.2 Å². The lowest BCUT2D eigenvalue weighted by molar-refractivity contribution is -0.126. The number of benzene rings is 1. The van der Waals surface area contributed by atoms with Crippen molar-refractivity contribution in [3.05, 3.63) is 23.8 Å². The second kappa shape index (κ2) is 7.19. The van der Waals surface area contributed by atoms with E-state index in [2.05, 4.69) is 5.32 Å². The average molecular weight is 369 g/mol. The van der Waals surface area contributed by atoms with Gasteiger partial charge >= 0.3 is 0 Å². The molecule has 0 unspecified atom stereocenters. The number of carbonyl (C=O) groups is 1. The predicted molar refractivity (Wildman–Crippen MR) is 91.3 cm³/mol. The molecule has 1 aromatic rings. The summed E-state index contributed by atoms with van der Waals surface area (Å²) in [6.07, 6.45) is 1.06. The number of piperidine rings is 1. The number of amides is 1. The van der Waals surface area contributed by atoms with Crippen LogP contribution in [0.3, 0.4) is 0 Å². The first kappa shape index (κ1) is 18.0. The van der Waals surface area contributed by atoms with E-state index in [1.165, 1.54) is 22.7 Å². The quantitative estimate of drug-likeness (QED) is 0.819. The summed E-state index contributed by atoms with van der Waals surface area (Å²) >= 11 is 0. The van der Waals surface area contributed by atoms with Crippen LogP contribution in [0, 0.1) is 5.92 Å². The molecule has 8 nitrogen and oxygen atoms in total. The topological polar surface area (TPSA) is 88.2 Å². The van der Waals surface area contributed by atoms with Gasteiger partial charge in [0.25, 0.3) is 10.2 Å². The number of rotatable bonds is 5. The van der Waals surface area contributed by atoms with Crippen LogP contribution in [0.2, 0.25) is 0 Å². The normalized spacial score (nSPS) is 18.5. The van der Waals surface area contributed by atoms with Gasteiger partial charge in [0.15, 0.2) is 11.5 Å². The summed E-state index contributed by atoms with van der Waals surface area (Å²) < 4.78 is 37.4. The molecule has 138 valence electrons. The molecular weight excluding hydrogens is 346 g/mol. The minimum absolute atomic E-state index is 0.0421. The van der Waals surface area contributed by atoms with Gasteiger partial charge in [0.05, 0.1) is 0 Å². The summed E-state index contributed by atoms with van der Waals surface area (Å²) in [5.74, 6) is 1.20. The van der Waals surface area contributed by atoms with Crippen molar-refractivity contribution < 1.29 is 22.7 Å². The molecule has 2 aliphatic rings. The van der Waals surface area contributed by atoms with Crippen LogP contribution in [0.15, 0.2) is 18.2 Å². The van der Waals surface area contributed by atoms with Crippen LogP contribution in [0.25, 0.3) is 0 Å². The highest BCUT2D eigenvalue weighted by Crippen LogP contribution is 2.32. The minimum Gasteiger partial charge on any atom is -0.454 e. The lowest BCUT2D eigenvalue weighted by Gasteiger charge is -2.32. The fourth-order valence-electron chi connectivity index (χ4n) is 2.96. The molecular formula is C16H23N3O5S. The predicted octanol–water partition coefficient (Wildman–Crippen LogP) is 0.550. The van der Waals surface area contributed by atoms with Gasteiger partial charge in [-0.1, -0.05) is 6.07 Å². The van der Waals surface area contributed by atoms with Crippen LogP contribution in [0.4, 0.5) is 0 Å². The van der Waals surface area contributed by atoms with Crippen molar-refractivity contribution in [2.75, 3.05) is 34.0 Å². The summed E-state index contributed by atoms with van der Waals surface area (Å²) in [6, 6.07) is 5.57. The summed E-state index contributed by atoms with van der Waals surface area (Å²) in [5.41, 5.74) is 0.935. The van der Waals surface area contributed by atoms with E-state index in [1.807, 2.05) is 18.2 Å². The third-order valence-corrected chi connectivity index (χ3v) is 6.46. The lowest BCUT2D eigenvalue weighted by atomic mass is 9.97. The number of fused-ring (bicyclic) bond motifs is 1. The molecule has 0 aromatic heterocycles. The van der Waals surface area contributed by atoms with Crippen LogP contribution in [-0.4, -0.2) is 56.9 Å². The average Bonchev–Trinajstić information content (AvgIpc) is 3.07. The van der Waals surface area contributed by atoms with Crippen molar-refractivity contribution >= 4 is 16.1 Å². The highest BCUT2D eigenvalue weighted by atomic mass is 32.2. The molecule has 25 heavy (non-hydrogen) atoms. The third-order valence-electron chi connectivity index (χ3n) is 4.52. The molecule has 9 heteroatoms. The van der Waals surface area contributed by atoms with E-state index < -0.39 is 10.2 Å². The molecule has 3 rings (SSSR count). The Labute approximate surface area is 147 Å². The van der Waals surface area contributed by atoms with Gasteiger partial charge in [-0.25, -0.2) is 0 Å². The van der Waals surface area contributed by atoms with Gasteiger partial charge in [0.2, 0.25) is 12.7 Å². The Bertz CT molecular complexity index is 742. The van der Waals surface area contributed by atoms with E-state index in [0.717, 1.165) is 5.56 Å². The molecule has 2 aliphatic heterocycles. The first-order chi connectivity index (χ1) is 11.9. The van der Waals surface area contributed by atoms with Gasteiger partial charge < -0.3 is 14.8 Å². The van der Waals surface area contributed by atoms with Crippen LogP contribution < -0.4 is 14.8 Å². The Morgan fingerprint density at radius 2 is 1.92 bits per heavy atom. The van der Waals surface area contributed by atoms with E-state index in [1.54, 1.807) is 0 Å². The molecule has 0 spiro atoms. The SMILES string of the molecule is CN(C)S(=O)(=O)N1CCC(C(=O)NCc2ccc3c(c2)OCO3)CC1.